The van der Waals surface area contributed by atoms with Crippen LogP contribution >= 0.6 is 11.8 Å². The summed E-state index contributed by atoms with van der Waals surface area (Å²) in [5.74, 6) is 1.23. The molecule has 0 amide bonds. The van der Waals surface area contributed by atoms with Crippen LogP contribution in [0.2, 0.25) is 0 Å². The van der Waals surface area contributed by atoms with Crippen LogP contribution in [0.15, 0.2) is 68.8 Å². The van der Waals surface area contributed by atoms with Crippen LogP contribution in [0.4, 0.5) is 5.69 Å². The van der Waals surface area contributed by atoms with Gasteiger partial charge >= 0.3 is 0 Å². The zero-order chi connectivity index (χ0) is 20.2. The number of non-ortho nitro benzene ring substituents is 1. The number of furan rings is 1. The van der Waals surface area contributed by atoms with Crippen molar-refractivity contribution in [2.24, 2.45) is 5.10 Å². The molecule has 11 nitrogen and oxygen atoms in total. The minimum atomic E-state index is -0.450. The number of nitrogens with zero attached hydrogens (tertiary/aromatic N) is 8. The lowest BCUT2D eigenvalue weighted by atomic mass is 10.2. The first-order chi connectivity index (χ1) is 14.2. The Balaban J connectivity index is 1.70. The maximum Gasteiger partial charge on any atom is 0.270 e. The third kappa shape index (κ3) is 3.91. The van der Waals surface area contributed by atoms with Crippen LogP contribution in [-0.4, -0.2) is 40.8 Å². The Morgan fingerprint density at radius 1 is 1.28 bits per heavy atom. The molecule has 0 aliphatic heterocycles. The quantitative estimate of drug-likeness (QED) is 0.258. The van der Waals surface area contributed by atoms with Gasteiger partial charge in [-0.2, -0.15) is 5.10 Å². The van der Waals surface area contributed by atoms with Crippen molar-refractivity contribution >= 4 is 23.7 Å². The largest absolute Gasteiger partial charge is 0.461 e. The summed E-state index contributed by atoms with van der Waals surface area (Å²) in [5, 5.41) is 31.8. The Morgan fingerprint density at radius 3 is 2.79 bits per heavy atom. The molecule has 0 aliphatic carbocycles. The highest BCUT2D eigenvalue weighted by atomic mass is 32.2. The highest BCUT2D eigenvalue weighted by Crippen LogP contribution is 2.33. The van der Waals surface area contributed by atoms with E-state index in [1.807, 2.05) is 17.6 Å². The predicted molar refractivity (Wildman–Crippen MR) is 104 cm³/mol. The Hall–Kier alpha value is -3.80. The Bertz CT molecular complexity index is 1150. The van der Waals surface area contributed by atoms with Crippen molar-refractivity contribution in [2.75, 3.05) is 0 Å². The molecule has 0 N–H and O–H groups in total. The number of hydrogen-bond donors (Lipinski definition) is 0. The van der Waals surface area contributed by atoms with E-state index in [0.29, 0.717) is 28.8 Å². The van der Waals surface area contributed by atoms with Gasteiger partial charge in [-0.05, 0) is 36.9 Å². The normalized spacial score (nSPS) is 11.3. The van der Waals surface area contributed by atoms with E-state index in [0.717, 1.165) is 4.90 Å². The first-order valence-corrected chi connectivity index (χ1v) is 9.29. The predicted octanol–water partition coefficient (Wildman–Crippen LogP) is 3.09. The summed E-state index contributed by atoms with van der Waals surface area (Å²) >= 11 is 1.33. The summed E-state index contributed by atoms with van der Waals surface area (Å²) in [4.78, 5) is 11.5. The molecule has 0 fully saturated rings. The van der Waals surface area contributed by atoms with Gasteiger partial charge in [0.25, 0.3) is 5.69 Å². The van der Waals surface area contributed by atoms with Gasteiger partial charge in [0.1, 0.15) is 12.7 Å². The highest BCUT2D eigenvalue weighted by Gasteiger charge is 2.18. The number of nitro groups is 1. The first kappa shape index (κ1) is 18.6. The second kappa shape index (κ2) is 8.06. The van der Waals surface area contributed by atoms with Gasteiger partial charge in [-0.25, -0.2) is 4.68 Å². The maximum absolute atomic E-state index is 11.2. The molecule has 4 aromatic rings. The SMILES string of the molecule is CCn1c(Sc2ccc([N+](=O)[O-])cc2C=Nn2cnnc2)nnc1-c1ccco1. The molecule has 0 saturated carbocycles. The van der Waals surface area contributed by atoms with Crippen molar-refractivity contribution < 1.29 is 9.34 Å². The van der Waals surface area contributed by atoms with Crippen LogP contribution in [-0.2, 0) is 6.54 Å². The van der Waals surface area contributed by atoms with E-state index in [1.54, 1.807) is 18.4 Å². The van der Waals surface area contributed by atoms with Gasteiger partial charge < -0.3 is 4.42 Å². The summed E-state index contributed by atoms with van der Waals surface area (Å²) in [7, 11) is 0. The lowest BCUT2D eigenvalue weighted by Crippen LogP contribution is -2.00. The highest BCUT2D eigenvalue weighted by molar-refractivity contribution is 7.99. The molecule has 1 aromatic carbocycles. The van der Waals surface area contributed by atoms with Gasteiger partial charge in [-0.15, -0.1) is 20.4 Å². The average molecular weight is 410 g/mol. The van der Waals surface area contributed by atoms with Crippen LogP contribution in [0.25, 0.3) is 11.6 Å². The minimum absolute atomic E-state index is 0.0345. The molecule has 12 heteroatoms. The monoisotopic (exact) mass is 410 g/mol. The van der Waals surface area contributed by atoms with Crippen molar-refractivity contribution in [3.8, 4) is 11.6 Å². The fourth-order valence-corrected chi connectivity index (χ4v) is 3.53. The van der Waals surface area contributed by atoms with E-state index in [9.17, 15) is 10.1 Å². The van der Waals surface area contributed by atoms with Gasteiger partial charge in [0.2, 0.25) is 0 Å². The molecule has 0 radical (unpaired) electrons. The molecule has 0 bridgehead atoms. The van der Waals surface area contributed by atoms with E-state index in [4.69, 9.17) is 4.42 Å². The van der Waals surface area contributed by atoms with Crippen molar-refractivity contribution in [3.05, 3.63) is 64.9 Å². The van der Waals surface area contributed by atoms with Crippen LogP contribution in [0.3, 0.4) is 0 Å². The fourth-order valence-electron chi connectivity index (χ4n) is 2.56. The van der Waals surface area contributed by atoms with Crippen LogP contribution in [0.1, 0.15) is 12.5 Å². The third-order valence-electron chi connectivity index (χ3n) is 3.92. The molecular formula is C17H14N8O3S. The number of nitro benzene ring substituents is 1. The molecule has 3 heterocycles. The smallest absolute Gasteiger partial charge is 0.270 e. The molecule has 0 spiro atoms. The summed E-state index contributed by atoms with van der Waals surface area (Å²) in [6.07, 6.45) is 5.93. The second-order valence-corrected chi connectivity index (χ2v) is 6.70. The van der Waals surface area contributed by atoms with Crippen molar-refractivity contribution in [3.63, 3.8) is 0 Å². The van der Waals surface area contributed by atoms with Gasteiger partial charge in [0, 0.05) is 29.1 Å². The van der Waals surface area contributed by atoms with E-state index >= 15 is 0 Å². The Morgan fingerprint density at radius 2 is 2.10 bits per heavy atom. The number of hydrogen-bond acceptors (Lipinski definition) is 9. The van der Waals surface area contributed by atoms with Crippen molar-refractivity contribution in [1.29, 1.82) is 0 Å². The molecule has 0 saturated heterocycles. The molecule has 0 atom stereocenters. The standard InChI is InChI=1S/C17H14N8O3S/c1-2-24-16(14-4-3-7-28-14)21-22-17(24)29-15-6-5-13(25(26)27)8-12(15)9-20-23-10-18-19-11-23/h3-11H,2H2,1H3. The summed E-state index contributed by atoms with van der Waals surface area (Å²) in [6, 6.07) is 8.16. The third-order valence-corrected chi connectivity index (χ3v) is 4.99. The van der Waals surface area contributed by atoms with Crippen LogP contribution in [0.5, 0.6) is 0 Å². The Kier molecular flexibility index (Phi) is 5.16. The number of aromatic nitrogens is 6. The number of benzene rings is 1. The number of rotatable bonds is 7. The van der Waals surface area contributed by atoms with E-state index in [2.05, 4.69) is 25.5 Å². The van der Waals surface area contributed by atoms with Gasteiger partial charge in [-0.3, -0.25) is 14.7 Å². The maximum atomic E-state index is 11.2. The first-order valence-electron chi connectivity index (χ1n) is 8.48. The molecule has 0 unspecified atom stereocenters. The average Bonchev–Trinajstić information content (AvgIpc) is 3.48. The second-order valence-electron chi connectivity index (χ2n) is 5.70. The fraction of sp³-hybridized carbons (Fsp3) is 0.118. The summed E-state index contributed by atoms with van der Waals surface area (Å²) < 4.78 is 8.74. The molecule has 146 valence electrons. The van der Waals surface area contributed by atoms with E-state index in [1.165, 1.54) is 47.4 Å². The van der Waals surface area contributed by atoms with Crippen molar-refractivity contribution in [2.45, 2.75) is 23.5 Å². The van der Waals surface area contributed by atoms with Gasteiger partial charge in [0.05, 0.1) is 17.4 Å². The molecular weight excluding hydrogens is 396 g/mol. The van der Waals surface area contributed by atoms with Crippen LogP contribution in [0, 0.1) is 10.1 Å². The molecule has 29 heavy (non-hydrogen) atoms. The lowest BCUT2D eigenvalue weighted by Gasteiger charge is -2.08. The molecule has 3 aromatic heterocycles. The van der Waals surface area contributed by atoms with Crippen molar-refractivity contribution in [1.82, 2.24) is 29.6 Å². The topological polar surface area (TPSA) is 130 Å². The minimum Gasteiger partial charge on any atom is -0.461 e. The lowest BCUT2D eigenvalue weighted by molar-refractivity contribution is -0.384. The van der Waals surface area contributed by atoms with Crippen LogP contribution < -0.4 is 0 Å². The summed E-state index contributed by atoms with van der Waals surface area (Å²) in [5.41, 5.74) is 0.524. The van der Waals surface area contributed by atoms with Gasteiger partial charge in [0.15, 0.2) is 16.7 Å². The van der Waals surface area contributed by atoms with E-state index < -0.39 is 4.92 Å². The molecule has 4 rings (SSSR count). The van der Waals surface area contributed by atoms with E-state index in [-0.39, 0.29) is 5.69 Å². The summed E-state index contributed by atoms with van der Waals surface area (Å²) in [6.45, 7) is 2.60. The Labute approximate surface area is 168 Å². The zero-order valence-corrected chi connectivity index (χ0v) is 15.9. The van der Waals surface area contributed by atoms with Gasteiger partial charge in [-0.1, -0.05) is 0 Å². The zero-order valence-electron chi connectivity index (χ0n) is 15.1. The molecule has 0 aliphatic rings.